The molecule has 0 amide bonds. The molecule has 0 radical (unpaired) electrons. The second kappa shape index (κ2) is 5.37. The van der Waals surface area contributed by atoms with Crippen molar-refractivity contribution in [2.75, 3.05) is 0 Å². The van der Waals surface area contributed by atoms with E-state index in [0.717, 1.165) is 0 Å². The zero-order valence-electron chi connectivity index (χ0n) is 11.8. The van der Waals surface area contributed by atoms with Crippen molar-refractivity contribution in [2.24, 2.45) is 7.05 Å². The molecular formula is C17H13NO4. The number of aryl methyl sites for hydroxylation is 1. The molecule has 0 spiro atoms. The van der Waals surface area contributed by atoms with Crippen LogP contribution in [0, 0.1) is 0 Å². The van der Waals surface area contributed by atoms with Crippen LogP contribution in [0.3, 0.4) is 0 Å². The minimum atomic E-state index is -1.24. The normalized spacial score (nSPS) is 10.6. The molecule has 2 aromatic carbocycles. The van der Waals surface area contributed by atoms with E-state index in [4.69, 9.17) is 9.84 Å². The van der Waals surface area contributed by atoms with Crippen molar-refractivity contribution in [2.45, 2.75) is 0 Å². The van der Waals surface area contributed by atoms with Crippen molar-refractivity contribution in [1.82, 2.24) is 4.57 Å². The van der Waals surface area contributed by atoms with Crippen LogP contribution in [0.4, 0.5) is 0 Å². The summed E-state index contributed by atoms with van der Waals surface area (Å²) in [4.78, 5) is 23.4. The number of nitrogens with zero attached hydrogens (tertiary/aromatic N) is 1. The van der Waals surface area contributed by atoms with Gasteiger partial charge in [0.1, 0.15) is 17.1 Å². The average Bonchev–Trinajstić information content (AvgIpc) is 2.51. The Morgan fingerprint density at radius 1 is 1.09 bits per heavy atom. The van der Waals surface area contributed by atoms with Crippen LogP contribution in [-0.4, -0.2) is 15.6 Å². The van der Waals surface area contributed by atoms with E-state index in [9.17, 15) is 9.59 Å². The highest BCUT2D eigenvalue weighted by atomic mass is 16.5. The van der Waals surface area contributed by atoms with Crippen LogP contribution in [0.2, 0.25) is 0 Å². The molecule has 0 aliphatic heterocycles. The third-order valence-electron chi connectivity index (χ3n) is 3.37. The van der Waals surface area contributed by atoms with Crippen molar-refractivity contribution in [3.05, 3.63) is 70.5 Å². The van der Waals surface area contributed by atoms with E-state index in [0.29, 0.717) is 22.4 Å². The Balaban J connectivity index is 2.14. The summed E-state index contributed by atoms with van der Waals surface area (Å²) >= 11 is 0. The zero-order valence-corrected chi connectivity index (χ0v) is 11.8. The molecule has 0 aliphatic carbocycles. The number of carbonyl (C=O) groups is 1. The highest BCUT2D eigenvalue weighted by molar-refractivity contribution is 5.92. The fourth-order valence-corrected chi connectivity index (χ4v) is 2.31. The number of benzene rings is 2. The van der Waals surface area contributed by atoms with Gasteiger partial charge in [0, 0.05) is 13.2 Å². The quantitative estimate of drug-likeness (QED) is 0.806. The van der Waals surface area contributed by atoms with E-state index in [1.54, 1.807) is 41.9 Å². The number of aromatic nitrogens is 1. The van der Waals surface area contributed by atoms with Crippen LogP contribution >= 0.6 is 0 Å². The summed E-state index contributed by atoms with van der Waals surface area (Å²) in [5.41, 5.74) is -0.124. The molecule has 0 saturated carbocycles. The molecule has 0 saturated heterocycles. The average molecular weight is 295 g/mol. The standard InChI is InChI=1S/C17H13NO4/c1-18-10-14(17(20)21)16(19)13-9-12(7-8-15(13)18)22-11-5-3-2-4-6-11/h2-10H,1H3,(H,20,21). The molecule has 0 unspecified atom stereocenters. The largest absolute Gasteiger partial charge is 0.477 e. The second-order valence-corrected chi connectivity index (χ2v) is 4.88. The fourth-order valence-electron chi connectivity index (χ4n) is 2.31. The van der Waals surface area contributed by atoms with Crippen molar-refractivity contribution in [1.29, 1.82) is 0 Å². The minimum absolute atomic E-state index is 0.258. The summed E-state index contributed by atoms with van der Waals surface area (Å²) in [6.45, 7) is 0. The number of fused-ring (bicyclic) bond motifs is 1. The van der Waals surface area contributed by atoms with E-state index in [1.165, 1.54) is 6.20 Å². The first-order valence-corrected chi connectivity index (χ1v) is 6.66. The third kappa shape index (κ3) is 2.44. The molecule has 1 N–H and O–H groups in total. The summed E-state index contributed by atoms with van der Waals surface area (Å²) in [5.74, 6) is -0.108. The molecular weight excluding hydrogens is 282 g/mol. The highest BCUT2D eigenvalue weighted by Gasteiger charge is 2.14. The van der Waals surface area contributed by atoms with Gasteiger partial charge in [-0.25, -0.2) is 4.79 Å². The van der Waals surface area contributed by atoms with E-state index >= 15 is 0 Å². The summed E-state index contributed by atoms with van der Waals surface area (Å²) in [5, 5.41) is 9.43. The first-order chi connectivity index (χ1) is 10.6. The fraction of sp³-hybridized carbons (Fsp3) is 0.0588. The van der Waals surface area contributed by atoms with Gasteiger partial charge in [0.05, 0.1) is 10.9 Å². The maximum atomic E-state index is 12.3. The van der Waals surface area contributed by atoms with Gasteiger partial charge in [0.2, 0.25) is 5.43 Å². The maximum absolute atomic E-state index is 12.3. The van der Waals surface area contributed by atoms with Crippen LogP contribution in [0.15, 0.2) is 59.5 Å². The van der Waals surface area contributed by atoms with Crippen molar-refractivity contribution < 1.29 is 14.6 Å². The Hall–Kier alpha value is -3.08. The number of ether oxygens (including phenoxy) is 1. The topological polar surface area (TPSA) is 68.5 Å². The lowest BCUT2D eigenvalue weighted by molar-refractivity contribution is 0.0695. The molecule has 0 fully saturated rings. The number of aromatic carboxylic acids is 1. The summed E-state index contributed by atoms with van der Waals surface area (Å²) in [6, 6.07) is 14.2. The lowest BCUT2D eigenvalue weighted by Gasteiger charge is -2.10. The SMILES string of the molecule is Cn1cc(C(=O)O)c(=O)c2cc(Oc3ccccc3)ccc21. The number of para-hydroxylation sites is 1. The molecule has 5 nitrogen and oxygen atoms in total. The van der Waals surface area contributed by atoms with E-state index < -0.39 is 11.4 Å². The van der Waals surface area contributed by atoms with Crippen LogP contribution in [0.5, 0.6) is 11.5 Å². The molecule has 1 heterocycles. The monoisotopic (exact) mass is 295 g/mol. The Bertz CT molecular complexity index is 913. The molecule has 22 heavy (non-hydrogen) atoms. The van der Waals surface area contributed by atoms with Gasteiger partial charge < -0.3 is 14.4 Å². The summed E-state index contributed by atoms with van der Waals surface area (Å²) < 4.78 is 7.30. The number of hydrogen-bond acceptors (Lipinski definition) is 3. The summed E-state index contributed by atoms with van der Waals surface area (Å²) in [6.07, 6.45) is 1.32. The molecule has 1 aromatic heterocycles. The smallest absolute Gasteiger partial charge is 0.341 e. The number of carboxylic acid groups (broad SMARTS) is 1. The van der Waals surface area contributed by atoms with Gasteiger partial charge in [-0.05, 0) is 30.3 Å². The Kier molecular flexibility index (Phi) is 3.39. The highest BCUT2D eigenvalue weighted by Crippen LogP contribution is 2.24. The molecule has 110 valence electrons. The van der Waals surface area contributed by atoms with Gasteiger partial charge in [0.25, 0.3) is 0 Å². The Morgan fingerprint density at radius 2 is 1.82 bits per heavy atom. The van der Waals surface area contributed by atoms with Crippen molar-refractivity contribution >= 4 is 16.9 Å². The predicted octanol–water partition coefficient (Wildman–Crippen LogP) is 3.03. The van der Waals surface area contributed by atoms with Crippen molar-refractivity contribution in [3.8, 4) is 11.5 Å². The van der Waals surface area contributed by atoms with Crippen LogP contribution in [-0.2, 0) is 7.05 Å². The second-order valence-electron chi connectivity index (χ2n) is 4.88. The molecule has 0 aliphatic rings. The Labute approximate surface area is 126 Å². The minimum Gasteiger partial charge on any atom is -0.477 e. The summed E-state index contributed by atoms with van der Waals surface area (Å²) in [7, 11) is 1.70. The predicted molar refractivity (Wildman–Crippen MR) is 82.7 cm³/mol. The lowest BCUT2D eigenvalue weighted by atomic mass is 10.1. The van der Waals surface area contributed by atoms with Crippen molar-refractivity contribution in [3.63, 3.8) is 0 Å². The lowest BCUT2D eigenvalue weighted by Crippen LogP contribution is -2.17. The van der Waals surface area contributed by atoms with E-state index in [-0.39, 0.29) is 5.56 Å². The maximum Gasteiger partial charge on any atom is 0.341 e. The third-order valence-corrected chi connectivity index (χ3v) is 3.37. The Morgan fingerprint density at radius 3 is 2.50 bits per heavy atom. The van der Waals surface area contributed by atoms with Gasteiger partial charge in [-0.3, -0.25) is 4.79 Å². The zero-order chi connectivity index (χ0) is 15.7. The molecule has 3 aromatic rings. The molecule has 3 rings (SSSR count). The first kappa shape index (κ1) is 13.9. The van der Waals surface area contributed by atoms with Gasteiger partial charge in [-0.15, -0.1) is 0 Å². The van der Waals surface area contributed by atoms with Gasteiger partial charge in [-0.2, -0.15) is 0 Å². The van der Waals surface area contributed by atoms with Gasteiger partial charge >= 0.3 is 5.97 Å². The van der Waals surface area contributed by atoms with E-state index in [1.807, 2.05) is 18.2 Å². The number of carboxylic acids is 1. The van der Waals surface area contributed by atoms with E-state index in [2.05, 4.69) is 0 Å². The molecule has 0 atom stereocenters. The van der Waals surface area contributed by atoms with Crippen LogP contribution in [0.25, 0.3) is 10.9 Å². The van der Waals surface area contributed by atoms with Gasteiger partial charge in [-0.1, -0.05) is 18.2 Å². The first-order valence-electron chi connectivity index (χ1n) is 6.66. The number of hydrogen-bond donors (Lipinski definition) is 1. The van der Waals surface area contributed by atoms with Crippen LogP contribution in [0.1, 0.15) is 10.4 Å². The number of rotatable bonds is 3. The number of pyridine rings is 1. The van der Waals surface area contributed by atoms with Gasteiger partial charge in [0.15, 0.2) is 0 Å². The van der Waals surface area contributed by atoms with Crippen LogP contribution < -0.4 is 10.2 Å². The molecule has 5 heteroatoms. The molecule has 0 bridgehead atoms.